The Morgan fingerprint density at radius 3 is 2.93 bits per heavy atom. The molecule has 0 aromatic carbocycles. The number of rotatable bonds is 9. The van der Waals surface area contributed by atoms with Gasteiger partial charge in [0, 0.05) is 18.0 Å². The average molecular weight is 386 g/mol. The summed E-state index contributed by atoms with van der Waals surface area (Å²) >= 11 is 6.17. The molecular weight excluding hydrogens is 358 g/mol. The molecule has 0 saturated carbocycles. The Morgan fingerprint density at radius 2 is 2.11 bits per heavy atom. The molecule has 5 nitrogen and oxygen atoms in total. The van der Waals surface area contributed by atoms with Gasteiger partial charge in [0.2, 0.25) is 0 Å². The lowest BCUT2D eigenvalue weighted by molar-refractivity contribution is 0.228. The van der Waals surface area contributed by atoms with Crippen molar-refractivity contribution in [2.24, 2.45) is 0 Å². The number of imidazole rings is 1. The van der Waals surface area contributed by atoms with Crippen molar-refractivity contribution in [2.45, 2.75) is 32.1 Å². The van der Waals surface area contributed by atoms with Crippen LogP contribution < -0.4 is 5.32 Å². The van der Waals surface area contributed by atoms with Crippen molar-refractivity contribution in [2.75, 3.05) is 31.5 Å². The summed E-state index contributed by atoms with van der Waals surface area (Å²) in [7, 11) is 0. The summed E-state index contributed by atoms with van der Waals surface area (Å²) in [5.41, 5.74) is 1.85. The Morgan fingerprint density at radius 1 is 1.26 bits per heavy atom. The van der Waals surface area contributed by atoms with E-state index in [9.17, 15) is 0 Å². The monoisotopic (exact) mass is 385 g/mol. The molecule has 2 aromatic rings. The van der Waals surface area contributed by atoms with Gasteiger partial charge >= 0.3 is 0 Å². The fourth-order valence-corrected chi connectivity index (χ4v) is 3.44. The van der Waals surface area contributed by atoms with Crippen molar-refractivity contribution >= 4 is 23.1 Å². The highest BCUT2D eigenvalue weighted by atomic mass is 35.5. The highest BCUT2D eigenvalue weighted by molar-refractivity contribution is 6.31. The molecule has 0 amide bonds. The highest BCUT2D eigenvalue weighted by Gasteiger charge is 2.09. The van der Waals surface area contributed by atoms with E-state index in [0.717, 1.165) is 36.7 Å². The van der Waals surface area contributed by atoms with E-state index >= 15 is 0 Å². The quantitative estimate of drug-likeness (QED) is 0.512. The van der Waals surface area contributed by atoms with Gasteiger partial charge in [-0.2, -0.15) is 0 Å². The van der Waals surface area contributed by atoms with E-state index in [-0.39, 0.29) is 0 Å². The van der Waals surface area contributed by atoms with Gasteiger partial charge in [-0.15, -0.1) is 5.10 Å². The molecule has 0 aliphatic carbocycles. The molecule has 0 unspecified atom stereocenters. The number of nitrogens with zero attached hydrogens (tertiary/aromatic N) is 4. The zero-order chi connectivity index (χ0) is 18.9. The van der Waals surface area contributed by atoms with Gasteiger partial charge in [0.05, 0.1) is 11.9 Å². The third-order valence-electron chi connectivity index (χ3n) is 4.74. The predicted molar refractivity (Wildman–Crippen MR) is 113 cm³/mol. The average Bonchev–Trinajstić information content (AvgIpc) is 3.11. The van der Waals surface area contributed by atoms with Crippen LogP contribution in [-0.4, -0.2) is 45.7 Å². The van der Waals surface area contributed by atoms with Crippen LogP contribution in [0.4, 0.5) is 5.82 Å². The molecule has 1 aliphatic rings. The molecule has 6 heteroatoms. The number of anilines is 1. The summed E-state index contributed by atoms with van der Waals surface area (Å²) in [6.07, 6.45) is 15.0. The van der Waals surface area contributed by atoms with Crippen molar-refractivity contribution < 1.29 is 0 Å². The van der Waals surface area contributed by atoms with E-state index in [1.807, 2.05) is 41.1 Å². The zero-order valence-electron chi connectivity index (χ0n) is 15.8. The summed E-state index contributed by atoms with van der Waals surface area (Å²) in [5, 5.41) is 8.80. The van der Waals surface area contributed by atoms with E-state index in [4.69, 9.17) is 11.6 Å². The summed E-state index contributed by atoms with van der Waals surface area (Å²) in [5.74, 6) is 0.877. The topological polar surface area (TPSA) is 45.5 Å². The van der Waals surface area contributed by atoms with Gasteiger partial charge in [-0.25, -0.2) is 9.50 Å². The highest BCUT2D eigenvalue weighted by Crippen LogP contribution is 2.13. The smallest absolute Gasteiger partial charge is 0.153 e. The minimum Gasteiger partial charge on any atom is -0.369 e. The molecule has 0 atom stereocenters. The minimum absolute atomic E-state index is 0.674. The second kappa shape index (κ2) is 10.3. The Bertz CT molecular complexity index is 802. The second-order valence-corrected chi connectivity index (χ2v) is 7.25. The Kier molecular flexibility index (Phi) is 7.48. The molecule has 1 saturated heterocycles. The van der Waals surface area contributed by atoms with Gasteiger partial charge in [-0.05, 0) is 57.1 Å². The third kappa shape index (κ3) is 5.94. The molecule has 27 heavy (non-hydrogen) atoms. The molecule has 3 rings (SSSR count). The van der Waals surface area contributed by atoms with Crippen LogP contribution in [0.15, 0.2) is 54.2 Å². The molecule has 0 bridgehead atoms. The van der Waals surface area contributed by atoms with Crippen molar-refractivity contribution in [3.05, 3.63) is 59.9 Å². The summed E-state index contributed by atoms with van der Waals surface area (Å²) in [6.45, 7) is 8.23. The number of likely N-dealkylation sites (tertiary alicyclic amines) is 1. The number of piperidine rings is 1. The lowest BCUT2D eigenvalue weighted by Crippen LogP contribution is -2.31. The van der Waals surface area contributed by atoms with Crippen molar-refractivity contribution in [1.29, 1.82) is 0 Å². The van der Waals surface area contributed by atoms with Gasteiger partial charge in [0.25, 0.3) is 0 Å². The maximum Gasteiger partial charge on any atom is 0.153 e. The lowest BCUT2D eigenvalue weighted by atomic mass is 10.1. The fraction of sp³-hybridized carbons (Fsp3) is 0.429. The van der Waals surface area contributed by atoms with Crippen LogP contribution in [0, 0.1) is 0 Å². The fourth-order valence-electron chi connectivity index (χ4n) is 3.29. The van der Waals surface area contributed by atoms with E-state index in [1.54, 1.807) is 6.08 Å². The van der Waals surface area contributed by atoms with E-state index < -0.39 is 0 Å². The summed E-state index contributed by atoms with van der Waals surface area (Å²) in [4.78, 5) is 6.98. The number of halogens is 1. The normalized spacial score (nSPS) is 16.3. The van der Waals surface area contributed by atoms with Crippen LogP contribution in [0.5, 0.6) is 0 Å². The lowest BCUT2D eigenvalue weighted by Gasteiger charge is -2.26. The molecular formula is C21H28ClN5. The maximum atomic E-state index is 6.17. The summed E-state index contributed by atoms with van der Waals surface area (Å²) in [6, 6.07) is 3.98. The number of nitrogens with one attached hydrogen (secondary N) is 1. The number of hydrogen-bond donors (Lipinski definition) is 1. The first-order valence-electron chi connectivity index (χ1n) is 9.71. The van der Waals surface area contributed by atoms with E-state index in [1.165, 1.54) is 32.4 Å². The van der Waals surface area contributed by atoms with Crippen LogP contribution >= 0.6 is 11.6 Å². The van der Waals surface area contributed by atoms with Gasteiger partial charge in [-0.3, -0.25) is 0 Å². The second-order valence-electron chi connectivity index (χ2n) is 6.81. The van der Waals surface area contributed by atoms with Crippen molar-refractivity contribution in [3.8, 4) is 0 Å². The van der Waals surface area contributed by atoms with Crippen LogP contribution in [0.3, 0.4) is 0 Å². The van der Waals surface area contributed by atoms with Gasteiger partial charge in [0.1, 0.15) is 5.82 Å². The molecule has 0 radical (unpaired) electrons. The first kappa shape index (κ1) is 19.6. The predicted octanol–water partition coefficient (Wildman–Crippen LogP) is 4.42. The standard InChI is InChI=1S/C21H28ClN5/c1-2-3-8-18(22)9-10-19-17-24-21-12-11-20(25-27(19)21)23-13-7-16-26-14-5-4-6-15-26/h2-3,8-9,11-12,17H,1,4-7,10,13-16H2,(H,23,25)/b8-3-,18-9+. The van der Waals surface area contributed by atoms with Gasteiger partial charge in [0.15, 0.2) is 5.65 Å². The molecule has 2 aromatic heterocycles. The van der Waals surface area contributed by atoms with E-state index in [2.05, 4.69) is 26.9 Å². The number of hydrogen-bond acceptors (Lipinski definition) is 4. The third-order valence-corrected chi connectivity index (χ3v) is 5.02. The minimum atomic E-state index is 0.674. The summed E-state index contributed by atoms with van der Waals surface area (Å²) < 4.78 is 1.88. The van der Waals surface area contributed by atoms with Crippen LogP contribution in [0.25, 0.3) is 5.65 Å². The first-order valence-corrected chi connectivity index (χ1v) is 10.1. The Labute approximate surface area is 166 Å². The molecule has 3 heterocycles. The molecule has 144 valence electrons. The van der Waals surface area contributed by atoms with Crippen molar-refractivity contribution in [1.82, 2.24) is 19.5 Å². The largest absolute Gasteiger partial charge is 0.369 e. The van der Waals surface area contributed by atoms with Crippen LogP contribution in [-0.2, 0) is 6.42 Å². The van der Waals surface area contributed by atoms with Crippen LogP contribution in [0.1, 0.15) is 31.4 Å². The molecule has 1 aliphatic heterocycles. The SMILES string of the molecule is C=C/C=C\C(Cl)=C/Cc1cnc2ccc(NCCCN3CCCCC3)nn12. The number of allylic oxidation sites excluding steroid dienone is 5. The van der Waals surface area contributed by atoms with Gasteiger partial charge in [-0.1, -0.05) is 42.8 Å². The van der Waals surface area contributed by atoms with E-state index in [0.29, 0.717) is 11.5 Å². The molecule has 1 N–H and O–H groups in total. The molecule has 0 spiro atoms. The maximum absolute atomic E-state index is 6.17. The Balaban J connectivity index is 1.55. The van der Waals surface area contributed by atoms with Crippen LogP contribution in [0.2, 0.25) is 0 Å². The zero-order valence-corrected chi connectivity index (χ0v) is 16.5. The number of aromatic nitrogens is 3. The van der Waals surface area contributed by atoms with Crippen molar-refractivity contribution in [3.63, 3.8) is 0 Å². The Hall–Kier alpha value is -2.11. The molecule has 1 fully saturated rings. The first-order chi connectivity index (χ1) is 13.3. The van der Waals surface area contributed by atoms with Gasteiger partial charge < -0.3 is 10.2 Å². The number of fused-ring (bicyclic) bond motifs is 1.